The average Bonchev–Trinajstić information content (AvgIpc) is 2.59. The van der Waals surface area contributed by atoms with Crippen LogP contribution >= 0.6 is 0 Å². The van der Waals surface area contributed by atoms with E-state index in [1.54, 1.807) is 43.3 Å². The summed E-state index contributed by atoms with van der Waals surface area (Å²) in [7, 11) is 3.35. The molecule has 0 atom stereocenters. The van der Waals surface area contributed by atoms with Crippen molar-refractivity contribution in [1.82, 2.24) is 4.90 Å². The summed E-state index contributed by atoms with van der Waals surface area (Å²) in [4.78, 5) is 25.7. The molecule has 1 fully saturated rings. The van der Waals surface area contributed by atoms with Gasteiger partial charge in [-0.15, -0.1) is 0 Å². The van der Waals surface area contributed by atoms with Crippen LogP contribution in [0.25, 0.3) is 0 Å². The van der Waals surface area contributed by atoms with Gasteiger partial charge < -0.3 is 14.4 Å². The van der Waals surface area contributed by atoms with Gasteiger partial charge in [0.25, 0.3) is 5.91 Å². The minimum absolute atomic E-state index is 0.145. The molecular weight excluding hydrogens is 282 g/mol. The average molecular weight is 305 g/mol. The molecule has 1 aliphatic rings. The molecule has 5 heteroatoms. The fourth-order valence-corrected chi connectivity index (χ4v) is 2.71. The van der Waals surface area contributed by atoms with Crippen molar-refractivity contribution in [1.29, 1.82) is 0 Å². The maximum Gasteiger partial charge on any atom is 0.338 e. The number of hydrogen-bond donors (Lipinski definition) is 0. The van der Waals surface area contributed by atoms with Crippen LogP contribution < -0.4 is 4.74 Å². The SMILES string of the molecule is COc1ccc(C(=O)OCC(=O)N(C)C2CCCCC2)cc1. The van der Waals surface area contributed by atoms with Gasteiger partial charge in [0, 0.05) is 13.1 Å². The van der Waals surface area contributed by atoms with Crippen LogP contribution in [0.1, 0.15) is 42.5 Å². The Labute approximate surface area is 131 Å². The van der Waals surface area contributed by atoms with Gasteiger partial charge in [-0.2, -0.15) is 0 Å². The van der Waals surface area contributed by atoms with E-state index in [9.17, 15) is 9.59 Å². The first kappa shape index (κ1) is 16.3. The Balaban J connectivity index is 1.82. The maximum absolute atomic E-state index is 12.1. The van der Waals surface area contributed by atoms with E-state index in [0.29, 0.717) is 11.3 Å². The van der Waals surface area contributed by atoms with Crippen LogP contribution in [0.2, 0.25) is 0 Å². The van der Waals surface area contributed by atoms with Crippen LogP contribution in [0, 0.1) is 0 Å². The molecule has 0 radical (unpaired) electrons. The summed E-state index contributed by atoms with van der Waals surface area (Å²) >= 11 is 0. The summed E-state index contributed by atoms with van der Waals surface area (Å²) < 4.78 is 10.1. The van der Waals surface area contributed by atoms with Crippen molar-refractivity contribution in [2.24, 2.45) is 0 Å². The second-order valence-electron chi connectivity index (χ2n) is 5.60. The van der Waals surface area contributed by atoms with Gasteiger partial charge in [-0.1, -0.05) is 19.3 Å². The predicted octanol–water partition coefficient (Wildman–Crippen LogP) is 2.64. The molecule has 0 aliphatic heterocycles. The number of benzene rings is 1. The highest BCUT2D eigenvalue weighted by atomic mass is 16.5. The monoisotopic (exact) mass is 305 g/mol. The van der Waals surface area contributed by atoms with Crippen LogP contribution in [-0.4, -0.2) is 43.6 Å². The Morgan fingerprint density at radius 1 is 1.14 bits per heavy atom. The van der Waals surface area contributed by atoms with E-state index in [0.717, 1.165) is 25.7 Å². The van der Waals surface area contributed by atoms with Gasteiger partial charge in [0.05, 0.1) is 12.7 Å². The summed E-state index contributed by atoms with van der Waals surface area (Å²) in [6, 6.07) is 6.90. The Morgan fingerprint density at radius 2 is 1.77 bits per heavy atom. The fraction of sp³-hybridized carbons (Fsp3) is 0.529. The van der Waals surface area contributed by atoms with E-state index in [4.69, 9.17) is 9.47 Å². The third-order valence-corrected chi connectivity index (χ3v) is 4.17. The van der Waals surface area contributed by atoms with Crippen molar-refractivity contribution >= 4 is 11.9 Å². The molecule has 1 aromatic rings. The summed E-state index contributed by atoms with van der Waals surface area (Å²) in [5.41, 5.74) is 0.411. The van der Waals surface area contributed by atoms with Crippen LogP contribution in [0.4, 0.5) is 0 Å². The standard InChI is InChI=1S/C17H23NO4/c1-18(14-6-4-3-5-7-14)16(19)12-22-17(20)13-8-10-15(21-2)11-9-13/h8-11,14H,3-7,12H2,1-2H3. The van der Waals surface area contributed by atoms with Gasteiger partial charge in [0.2, 0.25) is 0 Å². The van der Waals surface area contributed by atoms with E-state index < -0.39 is 5.97 Å². The molecule has 0 spiro atoms. The van der Waals surface area contributed by atoms with Gasteiger partial charge in [0.1, 0.15) is 5.75 Å². The molecule has 0 aromatic heterocycles. The Bertz CT molecular complexity index is 506. The molecule has 2 rings (SSSR count). The van der Waals surface area contributed by atoms with Gasteiger partial charge in [-0.3, -0.25) is 4.79 Å². The molecular formula is C17H23NO4. The number of amides is 1. The van der Waals surface area contributed by atoms with Crippen molar-refractivity contribution in [2.45, 2.75) is 38.1 Å². The van der Waals surface area contributed by atoms with Gasteiger partial charge in [-0.05, 0) is 37.1 Å². The molecule has 0 N–H and O–H groups in total. The first-order chi connectivity index (χ1) is 10.6. The number of hydrogen-bond acceptors (Lipinski definition) is 4. The van der Waals surface area contributed by atoms with E-state index in [-0.39, 0.29) is 18.6 Å². The quantitative estimate of drug-likeness (QED) is 0.785. The third-order valence-electron chi connectivity index (χ3n) is 4.17. The first-order valence-corrected chi connectivity index (χ1v) is 7.68. The maximum atomic E-state index is 12.1. The zero-order valence-electron chi connectivity index (χ0n) is 13.2. The molecule has 1 saturated carbocycles. The molecule has 1 amide bonds. The van der Waals surface area contributed by atoms with Gasteiger partial charge in [0.15, 0.2) is 6.61 Å². The number of nitrogens with zero attached hydrogens (tertiary/aromatic N) is 1. The Hall–Kier alpha value is -2.04. The fourth-order valence-electron chi connectivity index (χ4n) is 2.71. The molecule has 0 heterocycles. The number of ether oxygens (including phenoxy) is 2. The van der Waals surface area contributed by atoms with Crippen LogP contribution in [0.15, 0.2) is 24.3 Å². The van der Waals surface area contributed by atoms with E-state index >= 15 is 0 Å². The number of rotatable bonds is 5. The molecule has 0 saturated heterocycles. The summed E-state index contributed by atoms with van der Waals surface area (Å²) in [6.45, 7) is -0.210. The highest BCUT2D eigenvalue weighted by Crippen LogP contribution is 2.21. The zero-order chi connectivity index (χ0) is 15.9. The second kappa shape index (κ2) is 7.82. The van der Waals surface area contributed by atoms with E-state index in [2.05, 4.69) is 0 Å². The summed E-state index contributed by atoms with van der Waals surface area (Å²) in [6.07, 6.45) is 5.64. The molecule has 1 aromatic carbocycles. The smallest absolute Gasteiger partial charge is 0.338 e. The zero-order valence-corrected chi connectivity index (χ0v) is 13.2. The highest BCUT2D eigenvalue weighted by molar-refractivity contribution is 5.91. The lowest BCUT2D eigenvalue weighted by Gasteiger charge is -2.31. The Kier molecular flexibility index (Phi) is 5.81. The van der Waals surface area contributed by atoms with E-state index in [1.165, 1.54) is 6.42 Å². The largest absolute Gasteiger partial charge is 0.497 e. The van der Waals surface area contributed by atoms with Crippen molar-refractivity contribution < 1.29 is 19.1 Å². The molecule has 1 aliphatic carbocycles. The second-order valence-corrected chi connectivity index (χ2v) is 5.60. The van der Waals surface area contributed by atoms with Gasteiger partial charge >= 0.3 is 5.97 Å². The molecule has 5 nitrogen and oxygen atoms in total. The van der Waals surface area contributed by atoms with Crippen molar-refractivity contribution in [3.05, 3.63) is 29.8 Å². The summed E-state index contributed by atoms with van der Waals surface area (Å²) in [5.74, 6) is 0.0338. The number of likely N-dealkylation sites (N-methyl/N-ethyl adjacent to an activating group) is 1. The van der Waals surface area contributed by atoms with Crippen molar-refractivity contribution in [3.63, 3.8) is 0 Å². The molecule has 22 heavy (non-hydrogen) atoms. The number of methoxy groups -OCH3 is 1. The van der Waals surface area contributed by atoms with Gasteiger partial charge in [-0.25, -0.2) is 4.79 Å². The summed E-state index contributed by atoms with van der Waals surface area (Å²) in [5, 5.41) is 0. The molecule has 120 valence electrons. The highest BCUT2D eigenvalue weighted by Gasteiger charge is 2.22. The van der Waals surface area contributed by atoms with Crippen LogP contribution in [-0.2, 0) is 9.53 Å². The lowest BCUT2D eigenvalue weighted by Crippen LogP contribution is -2.40. The minimum atomic E-state index is -0.493. The van der Waals surface area contributed by atoms with E-state index in [1.807, 2.05) is 0 Å². The number of carbonyl (C=O) groups is 2. The normalized spacial score (nSPS) is 15.2. The van der Waals surface area contributed by atoms with Crippen LogP contribution in [0.5, 0.6) is 5.75 Å². The third kappa shape index (κ3) is 4.23. The molecule has 0 unspecified atom stereocenters. The lowest BCUT2D eigenvalue weighted by atomic mass is 9.94. The predicted molar refractivity (Wildman–Crippen MR) is 82.9 cm³/mol. The van der Waals surface area contributed by atoms with Crippen molar-refractivity contribution in [3.8, 4) is 5.75 Å². The van der Waals surface area contributed by atoms with Crippen LogP contribution in [0.3, 0.4) is 0 Å². The Morgan fingerprint density at radius 3 is 2.36 bits per heavy atom. The lowest BCUT2D eigenvalue weighted by molar-refractivity contribution is -0.135. The number of esters is 1. The minimum Gasteiger partial charge on any atom is -0.497 e. The molecule has 0 bridgehead atoms. The number of carbonyl (C=O) groups excluding carboxylic acids is 2. The topological polar surface area (TPSA) is 55.8 Å². The van der Waals surface area contributed by atoms with Crippen molar-refractivity contribution in [2.75, 3.05) is 20.8 Å². The first-order valence-electron chi connectivity index (χ1n) is 7.68.